The predicted molar refractivity (Wildman–Crippen MR) is 125 cm³/mol. The first-order chi connectivity index (χ1) is 15.9. The Morgan fingerprint density at radius 1 is 1.24 bits per heavy atom. The number of carbonyl (C=O) groups is 2. The van der Waals surface area contributed by atoms with E-state index >= 15 is 0 Å². The maximum absolute atomic E-state index is 12.6. The van der Waals surface area contributed by atoms with Gasteiger partial charge in [-0.1, -0.05) is 11.8 Å². The third-order valence-electron chi connectivity index (χ3n) is 5.06. The Balaban J connectivity index is 1.37. The van der Waals surface area contributed by atoms with E-state index in [1.54, 1.807) is 18.2 Å². The molecule has 0 aliphatic carbocycles. The molecule has 174 valence electrons. The summed E-state index contributed by atoms with van der Waals surface area (Å²) in [5.74, 6) is 1.37. The first-order valence-corrected chi connectivity index (χ1v) is 12.1. The zero-order valence-corrected chi connectivity index (χ0v) is 20.3. The van der Waals surface area contributed by atoms with Crippen molar-refractivity contribution < 1.29 is 19.1 Å². The summed E-state index contributed by atoms with van der Waals surface area (Å²) >= 11 is 2.76. The molecule has 2 aromatic heterocycles. The Hall–Kier alpha value is -3.12. The Kier molecular flexibility index (Phi) is 6.84. The molecule has 10 nitrogen and oxygen atoms in total. The molecule has 2 amide bonds. The van der Waals surface area contributed by atoms with Gasteiger partial charge < -0.3 is 24.7 Å². The van der Waals surface area contributed by atoms with Gasteiger partial charge in [0.25, 0.3) is 5.91 Å². The molecule has 1 aromatic carbocycles. The van der Waals surface area contributed by atoms with Gasteiger partial charge in [-0.25, -0.2) is 4.98 Å². The second-order valence-electron chi connectivity index (χ2n) is 7.30. The highest BCUT2D eigenvalue weighted by Gasteiger charge is 2.22. The minimum atomic E-state index is -0.403. The Bertz CT molecular complexity index is 1170. The fourth-order valence-electron chi connectivity index (χ4n) is 3.10. The molecule has 0 spiro atoms. The number of rotatable bonds is 8. The second kappa shape index (κ2) is 9.79. The van der Waals surface area contributed by atoms with Gasteiger partial charge in [-0.2, -0.15) is 0 Å². The number of benzene rings is 1. The van der Waals surface area contributed by atoms with Crippen molar-refractivity contribution in [1.29, 1.82) is 0 Å². The SMILES string of the molecule is CCn1c(CNC(=O)c2ccc3c(c2)OCO3)nnc1S[C@@H](C)C(=O)Nc1nc(C)c(C)s1. The summed E-state index contributed by atoms with van der Waals surface area (Å²) in [5, 5.41) is 15.0. The van der Waals surface area contributed by atoms with Crippen LogP contribution >= 0.6 is 23.1 Å². The van der Waals surface area contributed by atoms with Gasteiger partial charge in [-0.15, -0.1) is 21.5 Å². The monoisotopic (exact) mass is 488 g/mol. The van der Waals surface area contributed by atoms with E-state index in [9.17, 15) is 9.59 Å². The first-order valence-electron chi connectivity index (χ1n) is 10.4. The zero-order valence-electron chi connectivity index (χ0n) is 18.7. The number of hydrogen-bond donors (Lipinski definition) is 2. The number of anilines is 1. The average Bonchev–Trinajstić information content (AvgIpc) is 3.50. The van der Waals surface area contributed by atoms with Crippen LogP contribution in [-0.2, 0) is 17.9 Å². The normalized spacial score (nSPS) is 13.1. The summed E-state index contributed by atoms with van der Waals surface area (Å²) in [5.41, 5.74) is 1.38. The van der Waals surface area contributed by atoms with Gasteiger partial charge in [0.2, 0.25) is 12.7 Å². The summed E-state index contributed by atoms with van der Waals surface area (Å²) < 4.78 is 12.5. The van der Waals surface area contributed by atoms with Crippen molar-refractivity contribution in [1.82, 2.24) is 25.1 Å². The van der Waals surface area contributed by atoms with E-state index in [0.717, 1.165) is 10.6 Å². The summed E-state index contributed by atoms with van der Waals surface area (Å²) in [7, 11) is 0. The summed E-state index contributed by atoms with van der Waals surface area (Å²) in [4.78, 5) is 30.6. The van der Waals surface area contributed by atoms with E-state index in [4.69, 9.17) is 9.47 Å². The van der Waals surface area contributed by atoms with Crippen LogP contribution in [-0.4, -0.2) is 43.6 Å². The molecule has 1 aliphatic heterocycles. The van der Waals surface area contributed by atoms with Gasteiger partial charge in [0, 0.05) is 17.0 Å². The van der Waals surface area contributed by atoms with Crippen LogP contribution in [0.25, 0.3) is 0 Å². The fraction of sp³-hybridized carbons (Fsp3) is 0.381. The lowest BCUT2D eigenvalue weighted by atomic mass is 10.2. The van der Waals surface area contributed by atoms with E-state index in [1.807, 2.05) is 32.3 Å². The van der Waals surface area contributed by atoms with Crippen LogP contribution in [0.3, 0.4) is 0 Å². The quantitative estimate of drug-likeness (QED) is 0.464. The van der Waals surface area contributed by atoms with Crippen molar-refractivity contribution in [2.24, 2.45) is 0 Å². The van der Waals surface area contributed by atoms with Crippen LogP contribution in [0.5, 0.6) is 11.5 Å². The molecule has 1 atom stereocenters. The van der Waals surface area contributed by atoms with E-state index in [1.165, 1.54) is 23.1 Å². The molecule has 12 heteroatoms. The molecular weight excluding hydrogens is 464 g/mol. The van der Waals surface area contributed by atoms with Gasteiger partial charge in [0.15, 0.2) is 27.6 Å². The molecule has 1 aliphatic rings. The highest BCUT2D eigenvalue weighted by atomic mass is 32.2. The summed E-state index contributed by atoms with van der Waals surface area (Å²) in [6.45, 7) is 8.61. The van der Waals surface area contributed by atoms with Gasteiger partial charge in [0.1, 0.15) is 0 Å². The molecule has 3 heterocycles. The number of nitrogens with zero attached hydrogens (tertiary/aromatic N) is 4. The van der Waals surface area contributed by atoms with Crippen LogP contribution in [0.2, 0.25) is 0 Å². The molecule has 3 aromatic rings. The number of thioether (sulfide) groups is 1. The number of nitrogens with one attached hydrogen (secondary N) is 2. The lowest BCUT2D eigenvalue weighted by molar-refractivity contribution is -0.115. The maximum Gasteiger partial charge on any atom is 0.251 e. The molecular formula is C21H24N6O4S2. The van der Waals surface area contributed by atoms with Crippen molar-refractivity contribution >= 4 is 40.0 Å². The lowest BCUT2D eigenvalue weighted by Gasteiger charge is -2.12. The van der Waals surface area contributed by atoms with E-state index in [-0.39, 0.29) is 25.2 Å². The Morgan fingerprint density at radius 2 is 2.03 bits per heavy atom. The molecule has 33 heavy (non-hydrogen) atoms. The van der Waals surface area contributed by atoms with Crippen molar-refractivity contribution in [2.75, 3.05) is 12.1 Å². The van der Waals surface area contributed by atoms with Crippen molar-refractivity contribution in [2.45, 2.75) is 51.2 Å². The number of amides is 2. The van der Waals surface area contributed by atoms with Crippen molar-refractivity contribution in [3.63, 3.8) is 0 Å². The Labute approximate surface area is 199 Å². The Morgan fingerprint density at radius 3 is 2.76 bits per heavy atom. The number of ether oxygens (including phenoxy) is 2. The minimum Gasteiger partial charge on any atom is -0.454 e. The van der Waals surface area contributed by atoms with Crippen molar-refractivity contribution in [3.8, 4) is 11.5 Å². The molecule has 0 unspecified atom stereocenters. The summed E-state index contributed by atoms with van der Waals surface area (Å²) in [6, 6.07) is 5.04. The third-order valence-corrected chi connectivity index (χ3v) is 7.13. The number of aromatic nitrogens is 4. The van der Waals surface area contributed by atoms with Gasteiger partial charge >= 0.3 is 0 Å². The molecule has 0 bridgehead atoms. The highest BCUT2D eigenvalue weighted by molar-refractivity contribution is 8.00. The molecule has 0 saturated heterocycles. The third kappa shape index (κ3) is 5.11. The van der Waals surface area contributed by atoms with Crippen molar-refractivity contribution in [3.05, 3.63) is 40.2 Å². The van der Waals surface area contributed by atoms with Gasteiger partial charge in [0.05, 0.1) is 17.5 Å². The van der Waals surface area contributed by atoms with Crippen LogP contribution in [0.1, 0.15) is 40.6 Å². The highest BCUT2D eigenvalue weighted by Crippen LogP contribution is 2.32. The van der Waals surface area contributed by atoms with Crippen LogP contribution in [0, 0.1) is 13.8 Å². The van der Waals surface area contributed by atoms with Gasteiger partial charge in [-0.3, -0.25) is 9.59 Å². The summed E-state index contributed by atoms with van der Waals surface area (Å²) in [6.07, 6.45) is 0. The number of aryl methyl sites for hydroxylation is 2. The zero-order chi connectivity index (χ0) is 23.5. The molecule has 4 rings (SSSR count). The lowest BCUT2D eigenvalue weighted by Crippen LogP contribution is -2.25. The minimum absolute atomic E-state index is 0.153. The van der Waals surface area contributed by atoms with E-state index in [0.29, 0.717) is 39.7 Å². The number of thiazole rings is 1. The topological polar surface area (TPSA) is 120 Å². The van der Waals surface area contributed by atoms with E-state index < -0.39 is 5.25 Å². The fourth-order valence-corrected chi connectivity index (χ4v) is 4.85. The van der Waals surface area contributed by atoms with Crippen LogP contribution < -0.4 is 20.1 Å². The maximum atomic E-state index is 12.6. The first kappa shape index (κ1) is 23.1. The average molecular weight is 489 g/mol. The number of carbonyl (C=O) groups excluding carboxylic acids is 2. The second-order valence-corrected chi connectivity index (χ2v) is 9.81. The smallest absolute Gasteiger partial charge is 0.251 e. The number of fused-ring (bicyclic) bond motifs is 1. The van der Waals surface area contributed by atoms with E-state index in [2.05, 4.69) is 25.8 Å². The molecule has 0 saturated carbocycles. The number of hydrogen-bond acceptors (Lipinski definition) is 9. The molecule has 2 N–H and O–H groups in total. The standard InChI is InChI=1S/C21H24N6O4S2/c1-5-27-17(9-22-19(29)14-6-7-15-16(8-14)31-10-30-15)25-26-21(27)33-13(4)18(28)24-20-23-11(2)12(3)32-20/h6-8,13H,5,9-10H2,1-4H3,(H,22,29)(H,23,24,28)/t13-/m0/s1. The molecule has 0 fully saturated rings. The largest absolute Gasteiger partial charge is 0.454 e. The predicted octanol–water partition coefficient (Wildman–Crippen LogP) is 3.15. The molecule has 0 radical (unpaired) electrons. The van der Waals surface area contributed by atoms with Crippen LogP contribution in [0.15, 0.2) is 23.4 Å². The van der Waals surface area contributed by atoms with Crippen LogP contribution in [0.4, 0.5) is 5.13 Å². The van der Waals surface area contributed by atoms with Gasteiger partial charge in [-0.05, 0) is 45.9 Å².